The Bertz CT molecular complexity index is 441. The molecule has 0 fully saturated rings. The normalized spacial score (nSPS) is 14.2. The van der Waals surface area contributed by atoms with Gasteiger partial charge in [0.2, 0.25) is 11.9 Å². The van der Waals surface area contributed by atoms with Crippen LogP contribution in [0.4, 0.5) is 11.9 Å². The highest BCUT2D eigenvalue weighted by Crippen LogP contribution is 2.12. The highest BCUT2D eigenvalue weighted by atomic mass is 32.2. The van der Waals surface area contributed by atoms with Gasteiger partial charge < -0.3 is 15.8 Å². The molecule has 8 heteroatoms. The van der Waals surface area contributed by atoms with Gasteiger partial charge in [-0.05, 0) is 27.2 Å². The first-order valence-corrected chi connectivity index (χ1v) is 7.84. The van der Waals surface area contributed by atoms with Crippen LogP contribution >= 0.6 is 0 Å². The lowest BCUT2D eigenvalue weighted by Crippen LogP contribution is -2.21. The first kappa shape index (κ1) is 15.6. The molecule has 7 nitrogen and oxygen atoms in total. The molecule has 1 aromatic heterocycles. The number of aromatic nitrogens is 3. The second-order valence-corrected chi connectivity index (χ2v) is 6.13. The van der Waals surface area contributed by atoms with Crippen LogP contribution in [0.2, 0.25) is 0 Å². The van der Waals surface area contributed by atoms with Crippen molar-refractivity contribution in [1.29, 1.82) is 0 Å². The van der Waals surface area contributed by atoms with Gasteiger partial charge in [-0.1, -0.05) is 0 Å². The zero-order valence-corrected chi connectivity index (χ0v) is 12.5. The monoisotopic (exact) mass is 287 g/mol. The first-order chi connectivity index (χ1) is 8.86. The molecular weight excluding hydrogens is 266 g/mol. The molecule has 0 aromatic carbocycles. The topological polar surface area (TPSA) is 103 Å². The third-order valence-corrected chi connectivity index (χ3v) is 3.00. The molecule has 0 amide bonds. The highest BCUT2D eigenvalue weighted by Gasteiger charge is 2.10. The molecule has 0 spiro atoms. The molecule has 2 unspecified atom stereocenters. The van der Waals surface area contributed by atoms with Crippen molar-refractivity contribution in [2.24, 2.45) is 0 Å². The summed E-state index contributed by atoms with van der Waals surface area (Å²) in [7, 11) is -0.803. The molecule has 1 heterocycles. The number of rotatable bonds is 7. The van der Waals surface area contributed by atoms with Crippen LogP contribution in [0, 0.1) is 0 Å². The number of anilines is 2. The van der Waals surface area contributed by atoms with Gasteiger partial charge in [0.25, 0.3) is 0 Å². The third kappa shape index (κ3) is 6.32. The Hall–Kier alpha value is -1.44. The summed E-state index contributed by atoms with van der Waals surface area (Å²) in [6.07, 6.45) is 2.41. The molecule has 0 aliphatic carbocycles. The van der Waals surface area contributed by atoms with Gasteiger partial charge in [0.05, 0.1) is 6.10 Å². The van der Waals surface area contributed by atoms with Crippen LogP contribution < -0.4 is 15.8 Å². The van der Waals surface area contributed by atoms with Crippen molar-refractivity contribution >= 4 is 22.7 Å². The van der Waals surface area contributed by atoms with Crippen molar-refractivity contribution in [2.45, 2.75) is 39.3 Å². The Labute approximate surface area is 115 Å². The maximum Gasteiger partial charge on any atom is 0.323 e. The van der Waals surface area contributed by atoms with Crippen molar-refractivity contribution in [3.8, 4) is 6.01 Å². The maximum absolute atomic E-state index is 11.0. The van der Waals surface area contributed by atoms with Gasteiger partial charge in [0, 0.05) is 28.9 Å². The molecule has 1 aromatic rings. The fourth-order valence-electron chi connectivity index (χ4n) is 1.34. The first-order valence-electron chi connectivity index (χ1n) is 6.11. The molecule has 0 aliphatic heterocycles. The van der Waals surface area contributed by atoms with Crippen LogP contribution in [-0.4, -0.2) is 43.3 Å². The number of nitrogens with zero attached hydrogens (tertiary/aromatic N) is 3. The van der Waals surface area contributed by atoms with E-state index in [1.54, 1.807) is 6.26 Å². The molecule has 2 atom stereocenters. The smallest absolute Gasteiger partial charge is 0.323 e. The van der Waals surface area contributed by atoms with E-state index in [0.29, 0.717) is 11.7 Å². The Morgan fingerprint density at radius 2 is 2.00 bits per heavy atom. The van der Waals surface area contributed by atoms with E-state index >= 15 is 0 Å². The predicted molar refractivity (Wildman–Crippen MR) is 76.6 cm³/mol. The summed E-state index contributed by atoms with van der Waals surface area (Å²) in [6, 6.07) is 0.300. The lowest BCUT2D eigenvalue weighted by Gasteiger charge is -2.14. The van der Waals surface area contributed by atoms with E-state index in [1.807, 2.05) is 20.8 Å². The average Bonchev–Trinajstić information content (AvgIpc) is 2.24. The molecule has 19 heavy (non-hydrogen) atoms. The van der Waals surface area contributed by atoms with Gasteiger partial charge in [-0.15, -0.1) is 0 Å². The van der Waals surface area contributed by atoms with Crippen LogP contribution in [-0.2, 0) is 10.8 Å². The fourth-order valence-corrected chi connectivity index (χ4v) is 2.02. The van der Waals surface area contributed by atoms with E-state index in [1.165, 1.54) is 0 Å². The molecular formula is C11H21N5O2S. The minimum atomic E-state index is -0.803. The van der Waals surface area contributed by atoms with Gasteiger partial charge in [-0.2, -0.15) is 15.0 Å². The summed E-state index contributed by atoms with van der Waals surface area (Å²) < 4.78 is 16.4. The molecule has 0 aliphatic rings. The summed E-state index contributed by atoms with van der Waals surface area (Å²) in [6.45, 7) is 5.73. The van der Waals surface area contributed by atoms with Gasteiger partial charge >= 0.3 is 6.01 Å². The summed E-state index contributed by atoms with van der Waals surface area (Å²) in [4.78, 5) is 12.0. The Kier molecular flexibility index (Phi) is 5.94. The second-order valence-electron chi connectivity index (χ2n) is 4.58. The minimum absolute atomic E-state index is 0.0328. The van der Waals surface area contributed by atoms with Crippen molar-refractivity contribution < 1.29 is 8.95 Å². The Balaban J connectivity index is 2.66. The number of hydrogen-bond donors (Lipinski definition) is 2. The largest absolute Gasteiger partial charge is 0.461 e. The minimum Gasteiger partial charge on any atom is -0.461 e. The second kappa shape index (κ2) is 7.22. The number of nitrogens with two attached hydrogens (primary N) is 1. The zero-order chi connectivity index (χ0) is 14.4. The van der Waals surface area contributed by atoms with Crippen LogP contribution in [0.3, 0.4) is 0 Å². The summed E-state index contributed by atoms with van der Waals surface area (Å²) in [5, 5.41) is 3.10. The van der Waals surface area contributed by atoms with Gasteiger partial charge in [0.15, 0.2) is 0 Å². The number of hydrogen-bond acceptors (Lipinski definition) is 7. The van der Waals surface area contributed by atoms with Crippen molar-refractivity contribution in [3.63, 3.8) is 0 Å². The van der Waals surface area contributed by atoms with Crippen LogP contribution in [0.5, 0.6) is 6.01 Å². The summed E-state index contributed by atoms with van der Waals surface area (Å²) in [5.74, 6) is 1.11. The zero-order valence-electron chi connectivity index (χ0n) is 11.7. The van der Waals surface area contributed by atoms with E-state index in [9.17, 15) is 4.21 Å². The van der Waals surface area contributed by atoms with Crippen molar-refractivity contribution in [1.82, 2.24) is 15.0 Å². The lowest BCUT2D eigenvalue weighted by molar-refractivity contribution is 0.222. The summed E-state index contributed by atoms with van der Waals surface area (Å²) >= 11 is 0. The molecule has 3 N–H and O–H groups in total. The maximum atomic E-state index is 11.0. The van der Waals surface area contributed by atoms with Crippen molar-refractivity contribution in [3.05, 3.63) is 0 Å². The quantitative estimate of drug-likeness (QED) is 0.764. The van der Waals surface area contributed by atoms with Gasteiger partial charge in [0.1, 0.15) is 0 Å². The third-order valence-electron chi connectivity index (χ3n) is 2.19. The standard InChI is InChI=1S/C11H21N5O2S/c1-7(2)18-11-15-9(12)14-10(16-11)13-8(3)5-6-19(4)17/h7-8H,5-6H2,1-4H3,(H3,12,13,14,15,16). The molecule has 0 saturated heterocycles. The van der Waals surface area contributed by atoms with E-state index in [2.05, 4.69) is 20.3 Å². The lowest BCUT2D eigenvalue weighted by atomic mass is 10.3. The van der Waals surface area contributed by atoms with Gasteiger partial charge in [-0.25, -0.2) is 0 Å². The van der Waals surface area contributed by atoms with Crippen LogP contribution in [0.15, 0.2) is 0 Å². The molecule has 0 radical (unpaired) electrons. The van der Waals surface area contributed by atoms with E-state index < -0.39 is 10.8 Å². The van der Waals surface area contributed by atoms with Crippen LogP contribution in [0.1, 0.15) is 27.2 Å². The summed E-state index contributed by atoms with van der Waals surface area (Å²) in [5.41, 5.74) is 5.60. The van der Waals surface area contributed by atoms with E-state index in [4.69, 9.17) is 10.5 Å². The number of nitrogen functional groups attached to an aromatic ring is 1. The van der Waals surface area contributed by atoms with E-state index in [0.717, 1.165) is 6.42 Å². The SMILES string of the molecule is CC(CCS(C)=O)Nc1nc(N)nc(OC(C)C)n1. The Morgan fingerprint density at radius 3 is 2.58 bits per heavy atom. The van der Waals surface area contributed by atoms with Crippen molar-refractivity contribution in [2.75, 3.05) is 23.1 Å². The molecule has 0 saturated carbocycles. The fraction of sp³-hybridized carbons (Fsp3) is 0.727. The highest BCUT2D eigenvalue weighted by molar-refractivity contribution is 7.84. The molecule has 1 rings (SSSR count). The predicted octanol–water partition coefficient (Wildman–Crippen LogP) is 0.810. The number of nitrogens with one attached hydrogen (secondary N) is 1. The van der Waals surface area contributed by atoms with E-state index in [-0.39, 0.29) is 24.1 Å². The van der Waals surface area contributed by atoms with Gasteiger partial charge in [-0.3, -0.25) is 4.21 Å². The molecule has 108 valence electrons. The van der Waals surface area contributed by atoms with Crippen LogP contribution in [0.25, 0.3) is 0 Å². The Morgan fingerprint density at radius 1 is 1.32 bits per heavy atom. The number of ether oxygens (including phenoxy) is 1. The molecule has 0 bridgehead atoms. The average molecular weight is 287 g/mol.